The maximum Gasteiger partial charge on any atom is 0.193 e. The molecule has 1 aliphatic heterocycles. The molecule has 0 N–H and O–H groups in total. The van der Waals surface area contributed by atoms with Gasteiger partial charge in [-0.3, -0.25) is 0 Å². The molecule has 94 valence electrons. The van der Waals surface area contributed by atoms with Crippen molar-refractivity contribution in [3.63, 3.8) is 0 Å². The third-order valence-corrected chi connectivity index (χ3v) is 8.69. The summed E-state index contributed by atoms with van der Waals surface area (Å²) in [6.07, 6.45) is 4.15. The first-order valence-corrected chi connectivity index (χ1v) is 9.53. The molecule has 0 aromatic heterocycles. The summed E-state index contributed by atoms with van der Waals surface area (Å²) in [4.78, 5) is 0. The molecule has 0 bridgehead atoms. The minimum atomic E-state index is -1.39. The molecule has 0 saturated carbocycles. The summed E-state index contributed by atoms with van der Waals surface area (Å²) in [6.45, 7) is 3.08. The molecule has 1 aromatic carbocycles. The van der Waals surface area contributed by atoms with Crippen LogP contribution in [0.4, 0.5) is 0 Å². The molecule has 0 unspecified atom stereocenters. The quantitative estimate of drug-likeness (QED) is 0.698. The van der Waals surface area contributed by atoms with Gasteiger partial charge in [0.25, 0.3) is 0 Å². The zero-order valence-corrected chi connectivity index (χ0v) is 12.3. The van der Waals surface area contributed by atoms with Gasteiger partial charge in [-0.15, -0.1) is 0 Å². The number of rotatable bonds is 4. The van der Waals surface area contributed by atoms with E-state index in [1.54, 1.807) is 0 Å². The fourth-order valence-electron chi connectivity index (χ4n) is 2.61. The van der Waals surface area contributed by atoms with Gasteiger partial charge < -0.3 is 4.43 Å². The second-order valence-corrected chi connectivity index (χ2v) is 9.81. The smallest absolute Gasteiger partial charge is 0.193 e. The van der Waals surface area contributed by atoms with Crippen LogP contribution in [0.2, 0.25) is 23.2 Å². The molecule has 1 fully saturated rings. The van der Waals surface area contributed by atoms with Crippen molar-refractivity contribution in [2.24, 2.45) is 0 Å². The van der Waals surface area contributed by atoms with Gasteiger partial charge in [-0.2, -0.15) is 0 Å². The Balaban J connectivity index is 1.93. The van der Waals surface area contributed by atoms with Gasteiger partial charge >= 0.3 is 0 Å². The Bertz CT molecular complexity index is 344. The average Bonchev–Trinajstić information content (AvgIpc) is 2.39. The van der Waals surface area contributed by atoms with E-state index in [4.69, 9.17) is 16.0 Å². The van der Waals surface area contributed by atoms with Crippen LogP contribution in [-0.2, 0) is 11.0 Å². The van der Waals surface area contributed by atoms with E-state index >= 15 is 0 Å². The fraction of sp³-hybridized carbons (Fsp3) is 0.571. The molecule has 0 spiro atoms. The summed E-state index contributed by atoms with van der Waals surface area (Å²) in [5, 5.41) is 0.800. The normalized spacial score (nSPS) is 19.2. The van der Waals surface area contributed by atoms with E-state index in [9.17, 15) is 0 Å². The lowest BCUT2D eigenvalue weighted by Gasteiger charge is -2.34. The lowest BCUT2D eigenvalue weighted by atomic mass is 10.2. The zero-order valence-electron chi connectivity index (χ0n) is 10.5. The molecular formula is C14H21ClOSi. The van der Waals surface area contributed by atoms with Crippen molar-refractivity contribution < 1.29 is 4.43 Å². The Morgan fingerprint density at radius 3 is 2.35 bits per heavy atom. The van der Waals surface area contributed by atoms with E-state index in [0.29, 0.717) is 0 Å². The Kier molecular flexibility index (Phi) is 4.66. The first kappa shape index (κ1) is 13.1. The van der Waals surface area contributed by atoms with Crippen LogP contribution in [-0.4, -0.2) is 8.32 Å². The summed E-state index contributed by atoms with van der Waals surface area (Å²) >= 11 is 5.88. The lowest BCUT2D eigenvalue weighted by Crippen LogP contribution is -2.39. The van der Waals surface area contributed by atoms with E-state index in [2.05, 4.69) is 19.1 Å². The molecule has 1 nitrogen and oxygen atoms in total. The second kappa shape index (κ2) is 6.03. The Labute approximate surface area is 110 Å². The highest BCUT2D eigenvalue weighted by Crippen LogP contribution is 2.33. The molecular weight excluding hydrogens is 248 g/mol. The van der Waals surface area contributed by atoms with Crippen LogP contribution in [0.5, 0.6) is 0 Å². The van der Waals surface area contributed by atoms with Crippen molar-refractivity contribution in [1.82, 2.24) is 0 Å². The van der Waals surface area contributed by atoms with Crippen LogP contribution in [0.3, 0.4) is 0 Å². The predicted molar refractivity (Wildman–Crippen MR) is 75.9 cm³/mol. The van der Waals surface area contributed by atoms with Gasteiger partial charge in [0.1, 0.15) is 0 Å². The van der Waals surface area contributed by atoms with Crippen molar-refractivity contribution in [1.29, 1.82) is 0 Å². The Morgan fingerprint density at radius 2 is 1.76 bits per heavy atom. The van der Waals surface area contributed by atoms with Crippen LogP contribution in [0.1, 0.15) is 31.7 Å². The van der Waals surface area contributed by atoms with Gasteiger partial charge in [0.05, 0.1) is 6.61 Å². The summed E-state index contributed by atoms with van der Waals surface area (Å²) in [5.41, 5.74) is 1.25. The molecule has 1 aromatic rings. The highest BCUT2D eigenvalue weighted by Gasteiger charge is 2.34. The molecule has 0 aliphatic carbocycles. The largest absolute Gasteiger partial charge is 0.413 e. The third-order valence-electron chi connectivity index (χ3n) is 3.87. The summed E-state index contributed by atoms with van der Waals surface area (Å²) < 4.78 is 6.34. The summed E-state index contributed by atoms with van der Waals surface area (Å²) in [6, 6.07) is 12.0. The monoisotopic (exact) mass is 268 g/mol. The van der Waals surface area contributed by atoms with Gasteiger partial charge in [0, 0.05) is 5.02 Å². The molecule has 0 atom stereocenters. The first-order chi connectivity index (χ1) is 8.24. The molecule has 0 amide bonds. The first-order valence-electron chi connectivity index (χ1n) is 6.62. The third kappa shape index (κ3) is 3.57. The van der Waals surface area contributed by atoms with Crippen molar-refractivity contribution in [3.8, 4) is 0 Å². The van der Waals surface area contributed by atoms with E-state index < -0.39 is 8.32 Å². The predicted octanol–water partition coefficient (Wildman–Crippen LogP) is 5.01. The minimum Gasteiger partial charge on any atom is -0.413 e. The number of halogens is 1. The van der Waals surface area contributed by atoms with Gasteiger partial charge in [0.2, 0.25) is 0 Å². The van der Waals surface area contributed by atoms with E-state index in [0.717, 1.165) is 11.6 Å². The maximum absolute atomic E-state index is 6.34. The molecule has 2 rings (SSSR count). The molecule has 3 heteroatoms. The molecule has 1 aliphatic rings. The molecule has 1 heterocycles. The van der Waals surface area contributed by atoms with Gasteiger partial charge in [0.15, 0.2) is 8.32 Å². The highest BCUT2D eigenvalue weighted by atomic mass is 35.5. The van der Waals surface area contributed by atoms with Crippen molar-refractivity contribution in [2.75, 3.05) is 0 Å². The van der Waals surface area contributed by atoms with Crippen LogP contribution in [0.25, 0.3) is 0 Å². The lowest BCUT2D eigenvalue weighted by molar-refractivity contribution is 0.279. The number of hydrogen-bond donors (Lipinski definition) is 0. The van der Waals surface area contributed by atoms with Crippen molar-refractivity contribution >= 4 is 19.9 Å². The van der Waals surface area contributed by atoms with Gasteiger partial charge in [-0.05, 0) is 35.8 Å². The number of hydrogen-bond acceptors (Lipinski definition) is 1. The number of benzene rings is 1. The van der Waals surface area contributed by atoms with Crippen molar-refractivity contribution in [2.45, 2.75) is 50.9 Å². The molecule has 17 heavy (non-hydrogen) atoms. The van der Waals surface area contributed by atoms with E-state index in [1.165, 1.54) is 43.0 Å². The Morgan fingerprint density at radius 1 is 1.12 bits per heavy atom. The highest BCUT2D eigenvalue weighted by molar-refractivity contribution is 6.73. The second-order valence-electron chi connectivity index (χ2n) is 5.01. The van der Waals surface area contributed by atoms with Crippen molar-refractivity contribution in [3.05, 3.63) is 34.9 Å². The van der Waals surface area contributed by atoms with E-state index in [1.807, 2.05) is 12.1 Å². The summed E-state index contributed by atoms with van der Waals surface area (Å²) in [5.74, 6) is 0. The molecule has 0 radical (unpaired) electrons. The van der Waals surface area contributed by atoms with Gasteiger partial charge in [-0.25, -0.2) is 0 Å². The summed E-state index contributed by atoms with van der Waals surface area (Å²) in [7, 11) is -1.39. The Hall–Kier alpha value is -0.313. The van der Waals surface area contributed by atoms with Gasteiger partial charge in [-0.1, -0.05) is 49.9 Å². The SMILES string of the molecule is CC[Si]1(OCc2ccc(Cl)cc2)CCCCC1. The fourth-order valence-corrected chi connectivity index (χ4v) is 6.45. The van der Waals surface area contributed by atoms with Crippen LogP contribution in [0.15, 0.2) is 24.3 Å². The standard InChI is InChI=1S/C14H21ClOSi/c1-2-17(10-4-3-5-11-17)16-12-13-6-8-14(15)9-7-13/h6-9H,2-5,10-12H2,1H3. The van der Waals surface area contributed by atoms with Crippen LogP contribution < -0.4 is 0 Å². The minimum absolute atomic E-state index is 0.775. The van der Waals surface area contributed by atoms with E-state index in [-0.39, 0.29) is 0 Å². The zero-order chi connectivity index (χ0) is 12.1. The van der Waals surface area contributed by atoms with Crippen LogP contribution in [0, 0.1) is 0 Å². The van der Waals surface area contributed by atoms with Crippen LogP contribution >= 0.6 is 11.6 Å². The average molecular weight is 269 g/mol. The maximum atomic E-state index is 6.34. The topological polar surface area (TPSA) is 9.23 Å². The molecule has 1 saturated heterocycles.